The van der Waals surface area contributed by atoms with E-state index in [-0.39, 0.29) is 0 Å². The number of rotatable bonds is 3. The molecule has 0 N–H and O–H groups in total. The van der Waals surface area contributed by atoms with Gasteiger partial charge in [-0.25, -0.2) is 4.39 Å². The van der Waals surface area contributed by atoms with Gasteiger partial charge in [-0.05, 0) is 30.3 Å². The van der Waals surface area contributed by atoms with Crippen molar-refractivity contribution in [3.8, 4) is 11.5 Å². The highest BCUT2D eigenvalue weighted by atomic mass is 32.2. The topological polar surface area (TPSA) is 35.5 Å². The third-order valence-corrected chi connectivity index (χ3v) is 3.87. The zero-order valence-corrected chi connectivity index (χ0v) is 11.3. The summed E-state index contributed by atoms with van der Waals surface area (Å²) >= 11 is 1.28. The molecule has 0 bridgehead atoms. The van der Waals surface area contributed by atoms with E-state index in [0.29, 0.717) is 41.5 Å². The SMILES string of the molecule is O=Cc1ccc(Sc2ccc3c(c2)OCCO3)c(F)c1. The lowest BCUT2D eigenvalue weighted by Crippen LogP contribution is -2.15. The van der Waals surface area contributed by atoms with E-state index in [1.165, 1.54) is 17.8 Å². The minimum Gasteiger partial charge on any atom is -0.486 e. The number of hydrogen-bond acceptors (Lipinski definition) is 4. The Morgan fingerprint density at radius 2 is 1.85 bits per heavy atom. The highest BCUT2D eigenvalue weighted by Crippen LogP contribution is 2.37. The van der Waals surface area contributed by atoms with Crippen molar-refractivity contribution in [2.45, 2.75) is 9.79 Å². The molecule has 5 heteroatoms. The first kappa shape index (κ1) is 13.0. The van der Waals surface area contributed by atoms with E-state index < -0.39 is 5.82 Å². The molecule has 0 aromatic heterocycles. The maximum atomic E-state index is 13.8. The van der Waals surface area contributed by atoms with Crippen LogP contribution in [0.4, 0.5) is 4.39 Å². The fourth-order valence-electron chi connectivity index (χ4n) is 1.89. The van der Waals surface area contributed by atoms with Gasteiger partial charge in [-0.1, -0.05) is 17.8 Å². The minimum atomic E-state index is -0.408. The fourth-order valence-corrected chi connectivity index (χ4v) is 2.74. The van der Waals surface area contributed by atoms with Crippen LogP contribution in [0.3, 0.4) is 0 Å². The van der Waals surface area contributed by atoms with Crippen LogP contribution in [0.2, 0.25) is 0 Å². The van der Waals surface area contributed by atoms with Crippen molar-refractivity contribution in [2.75, 3.05) is 13.2 Å². The van der Waals surface area contributed by atoms with Gasteiger partial charge in [-0.2, -0.15) is 0 Å². The normalized spacial score (nSPS) is 13.1. The van der Waals surface area contributed by atoms with Gasteiger partial charge in [0.2, 0.25) is 0 Å². The van der Waals surface area contributed by atoms with Crippen molar-refractivity contribution in [3.05, 3.63) is 47.8 Å². The third kappa shape index (κ3) is 2.63. The second kappa shape index (κ2) is 5.54. The molecule has 3 nitrogen and oxygen atoms in total. The van der Waals surface area contributed by atoms with Gasteiger partial charge in [-0.15, -0.1) is 0 Å². The average Bonchev–Trinajstić information content (AvgIpc) is 2.49. The van der Waals surface area contributed by atoms with Crippen LogP contribution in [0.1, 0.15) is 10.4 Å². The number of carbonyl (C=O) groups is 1. The Bertz CT molecular complexity index is 658. The van der Waals surface area contributed by atoms with Gasteiger partial charge in [0.25, 0.3) is 0 Å². The summed E-state index contributed by atoms with van der Waals surface area (Å²) in [6.45, 7) is 1.06. The van der Waals surface area contributed by atoms with E-state index in [0.717, 1.165) is 4.90 Å². The van der Waals surface area contributed by atoms with Crippen LogP contribution in [0, 0.1) is 5.82 Å². The van der Waals surface area contributed by atoms with Gasteiger partial charge in [0.05, 0.1) is 0 Å². The Morgan fingerprint density at radius 3 is 2.60 bits per heavy atom. The monoisotopic (exact) mass is 290 g/mol. The molecule has 2 aromatic rings. The van der Waals surface area contributed by atoms with Crippen molar-refractivity contribution < 1.29 is 18.7 Å². The predicted octanol–water partition coefficient (Wildman–Crippen LogP) is 3.56. The van der Waals surface area contributed by atoms with Crippen molar-refractivity contribution in [2.24, 2.45) is 0 Å². The van der Waals surface area contributed by atoms with E-state index in [9.17, 15) is 9.18 Å². The molecule has 0 radical (unpaired) electrons. The fraction of sp³-hybridized carbons (Fsp3) is 0.133. The number of carbonyl (C=O) groups excluding carboxylic acids is 1. The van der Waals surface area contributed by atoms with Crippen molar-refractivity contribution in [3.63, 3.8) is 0 Å². The molecular weight excluding hydrogens is 279 g/mol. The molecule has 0 unspecified atom stereocenters. The van der Waals surface area contributed by atoms with Crippen LogP contribution in [-0.4, -0.2) is 19.5 Å². The molecule has 0 spiro atoms. The lowest BCUT2D eigenvalue weighted by molar-refractivity contribution is 0.112. The summed E-state index contributed by atoms with van der Waals surface area (Å²) in [4.78, 5) is 11.9. The van der Waals surface area contributed by atoms with Crippen LogP contribution in [-0.2, 0) is 0 Å². The van der Waals surface area contributed by atoms with E-state index in [2.05, 4.69) is 0 Å². The van der Waals surface area contributed by atoms with Gasteiger partial charge in [0, 0.05) is 15.4 Å². The van der Waals surface area contributed by atoms with E-state index in [4.69, 9.17) is 9.47 Å². The molecule has 1 aliphatic rings. The van der Waals surface area contributed by atoms with Gasteiger partial charge in [0.1, 0.15) is 25.3 Å². The van der Waals surface area contributed by atoms with Crippen LogP contribution >= 0.6 is 11.8 Å². The van der Waals surface area contributed by atoms with E-state index in [1.807, 2.05) is 18.2 Å². The molecule has 3 rings (SSSR count). The summed E-state index contributed by atoms with van der Waals surface area (Å²) < 4.78 is 24.8. The minimum absolute atomic E-state index is 0.328. The van der Waals surface area contributed by atoms with E-state index in [1.54, 1.807) is 12.1 Å². The standard InChI is InChI=1S/C15H11FO3S/c16-12-7-10(9-17)1-4-15(12)20-11-2-3-13-14(8-11)19-6-5-18-13/h1-4,7-9H,5-6H2. The summed E-state index contributed by atoms with van der Waals surface area (Å²) in [5, 5.41) is 0. The quantitative estimate of drug-likeness (QED) is 0.810. The van der Waals surface area contributed by atoms with Crippen LogP contribution < -0.4 is 9.47 Å². The number of ether oxygens (including phenoxy) is 2. The molecule has 0 atom stereocenters. The number of hydrogen-bond donors (Lipinski definition) is 0. The van der Waals surface area contributed by atoms with Gasteiger partial charge >= 0.3 is 0 Å². The Labute approximate surface area is 119 Å². The van der Waals surface area contributed by atoms with E-state index >= 15 is 0 Å². The smallest absolute Gasteiger partial charge is 0.162 e. The summed E-state index contributed by atoms with van der Waals surface area (Å²) in [7, 11) is 0. The first-order valence-corrected chi connectivity index (χ1v) is 6.90. The van der Waals surface area contributed by atoms with Crippen molar-refractivity contribution >= 4 is 18.0 Å². The summed E-state index contributed by atoms with van der Waals surface area (Å²) in [5.41, 5.74) is 0.328. The lowest BCUT2D eigenvalue weighted by atomic mass is 10.2. The molecule has 0 aliphatic carbocycles. The molecule has 102 valence electrons. The van der Waals surface area contributed by atoms with Crippen LogP contribution in [0.25, 0.3) is 0 Å². The maximum absolute atomic E-state index is 13.8. The molecule has 1 aliphatic heterocycles. The summed E-state index contributed by atoms with van der Waals surface area (Å²) in [5.74, 6) is 0.970. The second-order valence-corrected chi connectivity index (χ2v) is 5.33. The Morgan fingerprint density at radius 1 is 1.05 bits per heavy atom. The molecule has 1 heterocycles. The number of benzene rings is 2. The maximum Gasteiger partial charge on any atom is 0.162 e. The molecule has 20 heavy (non-hydrogen) atoms. The summed E-state index contributed by atoms with van der Waals surface area (Å²) in [6, 6.07) is 9.91. The van der Waals surface area contributed by atoms with Gasteiger partial charge < -0.3 is 9.47 Å². The highest BCUT2D eigenvalue weighted by molar-refractivity contribution is 7.99. The number of halogens is 1. The summed E-state index contributed by atoms with van der Waals surface area (Å²) in [6.07, 6.45) is 0.627. The van der Waals surface area contributed by atoms with Crippen LogP contribution in [0.15, 0.2) is 46.2 Å². The first-order chi connectivity index (χ1) is 9.76. The second-order valence-electron chi connectivity index (χ2n) is 4.22. The molecule has 0 saturated heterocycles. The van der Waals surface area contributed by atoms with Crippen LogP contribution in [0.5, 0.6) is 11.5 Å². The molecular formula is C15H11FO3S. The molecule has 2 aromatic carbocycles. The Hall–Kier alpha value is -2.01. The molecule has 0 saturated carbocycles. The van der Waals surface area contributed by atoms with Crippen molar-refractivity contribution in [1.82, 2.24) is 0 Å². The number of aldehydes is 1. The molecule has 0 amide bonds. The average molecular weight is 290 g/mol. The Balaban J connectivity index is 1.86. The Kier molecular flexibility index (Phi) is 3.60. The number of fused-ring (bicyclic) bond motifs is 1. The first-order valence-electron chi connectivity index (χ1n) is 6.08. The highest BCUT2D eigenvalue weighted by Gasteiger charge is 2.13. The van der Waals surface area contributed by atoms with Gasteiger partial charge in [-0.3, -0.25) is 4.79 Å². The largest absolute Gasteiger partial charge is 0.486 e. The van der Waals surface area contributed by atoms with Gasteiger partial charge in [0.15, 0.2) is 11.5 Å². The zero-order chi connectivity index (χ0) is 13.9. The zero-order valence-electron chi connectivity index (χ0n) is 10.5. The molecule has 0 fully saturated rings. The third-order valence-electron chi connectivity index (χ3n) is 2.83. The lowest BCUT2D eigenvalue weighted by Gasteiger charge is -2.18. The predicted molar refractivity (Wildman–Crippen MR) is 73.3 cm³/mol. The van der Waals surface area contributed by atoms with Crippen molar-refractivity contribution in [1.29, 1.82) is 0 Å².